The highest BCUT2D eigenvalue weighted by Gasteiger charge is 2.04. The Balaban J connectivity index is 1.82. The molecule has 0 radical (unpaired) electrons. The molecule has 2 N–H and O–H groups in total. The Morgan fingerprint density at radius 2 is 1.95 bits per heavy atom. The Morgan fingerprint density at radius 3 is 2.62 bits per heavy atom. The maximum absolute atomic E-state index is 10.7. The number of hydrogen-bond acceptors (Lipinski definition) is 3. The van der Waals surface area contributed by atoms with Gasteiger partial charge in [-0.1, -0.05) is 17.7 Å². The summed E-state index contributed by atoms with van der Waals surface area (Å²) < 4.78 is 6.35. The predicted octanol–water partition coefficient (Wildman–Crippen LogP) is 4.29. The largest absolute Gasteiger partial charge is 0.492 e. The van der Waals surface area contributed by atoms with Gasteiger partial charge in [-0.25, -0.2) is 4.79 Å². The molecule has 0 atom stereocenters. The number of hydrogen-bond donors (Lipinski definition) is 2. The predicted molar refractivity (Wildman–Crippen MR) is 86.5 cm³/mol. The van der Waals surface area contributed by atoms with Gasteiger partial charge < -0.3 is 15.2 Å². The summed E-state index contributed by atoms with van der Waals surface area (Å²) in [6, 6.07) is 11.9. The molecule has 6 heteroatoms. The number of nitrogens with one attached hydrogen (secondary N) is 1. The second-order valence-electron chi connectivity index (χ2n) is 4.21. The van der Waals surface area contributed by atoms with Crippen molar-refractivity contribution < 1.29 is 14.6 Å². The van der Waals surface area contributed by atoms with Crippen molar-refractivity contribution in [3.05, 3.63) is 57.5 Å². The third-order valence-corrected chi connectivity index (χ3v) is 4.14. The summed E-state index contributed by atoms with van der Waals surface area (Å²) in [5.41, 5.74) is 1.13. The van der Waals surface area contributed by atoms with Crippen LogP contribution < -0.4 is 10.1 Å². The minimum absolute atomic E-state index is 0.239. The number of aromatic carboxylic acids is 1. The Morgan fingerprint density at radius 1 is 1.24 bits per heavy atom. The third-order valence-electron chi connectivity index (χ3n) is 2.74. The minimum atomic E-state index is -0.950. The standard InChI is InChI=1S/C15H13BrClNO3/c16-14-12(17)2-1-3-13(14)18-8-9-21-11-6-4-10(5-7-11)15(19)20/h1-7,18H,8-9H2,(H,19,20). The van der Waals surface area contributed by atoms with Gasteiger partial charge in [-0.2, -0.15) is 0 Å². The molecule has 0 spiro atoms. The van der Waals surface area contributed by atoms with E-state index in [0.717, 1.165) is 10.2 Å². The Labute approximate surface area is 135 Å². The molecule has 2 aromatic carbocycles. The van der Waals surface area contributed by atoms with Gasteiger partial charge in [-0.3, -0.25) is 0 Å². The molecule has 110 valence electrons. The molecule has 21 heavy (non-hydrogen) atoms. The molecule has 0 aliphatic rings. The van der Waals surface area contributed by atoms with Crippen LogP contribution in [0.25, 0.3) is 0 Å². The van der Waals surface area contributed by atoms with Crippen molar-refractivity contribution >= 4 is 39.2 Å². The number of ether oxygens (including phenoxy) is 1. The molecule has 0 heterocycles. The van der Waals surface area contributed by atoms with E-state index >= 15 is 0 Å². The molecule has 0 saturated heterocycles. The van der Waals surface area contributed by atoms with E-state index < -0.39 is 5.97 Å². The van der Waals surface area contributed by atoms with E-state index in [0.29, 0.717) is 23.9 Å². The van der Waals surface area contributed by atoms with Gasteiger partial charge in [0.15, 0.2) is 0 Å². The monoisotopic (exact) mass is 369 g/mol. The van der Waals surface area contributed by atoms with E-state index in [1.165, 1.54) is 12.1 Å². The van der Waals surface area contributed by atoms with Crippen molar-refractivity contribution in [2.24, 2.45) is 0 Å². The molecule has 0 aromatic heterocycles. The summed E-state index contributed by atoms with van der Waals surface area (Å²) in [6.07, 6.45) is 0. The zero-order valence-electron chi connectivity index (χ0n) is 11.0. The molecule has 2 aromatic rings. The van der Waals surface area contributed by atoms with Crippen molar-refractivity contribution in [3.63, 3.8) is 0 Å². The van der Waals surface area contributed by atoms with Crippen LogP contribution in [-0.2, 0) is 0 Å². The lowest BCUT2D eigenvalue weighted by Crippen LogP contribution is -2.11. The van der Waals surface area contributed by atoms with Crippen molar-refractivity contribution in [1.29, 1.82) is 0 Å². The molecule has 4 nitrogen and oxygen atoms in total. The summed E-state index contributed by atoms with van der Waals surface area (Å²) in [5, 5.41) is 12.6. The van der Waals surface area contributed by atoms with Gasteiger partial charge in [-0.05, 0) is 52.3 Å². The fourth-order valence-corrected chi connectivity index (χ4v) is 2.27. The number of halogens is 2. The highest BCUT2D eigenvalue weighted by Crippen LogP contribution is 2.29. The van der Waals surface area contributed by atoms with Gasteiger partial charge in [0.2, 0.25) is 0 Å². The van der Waals surface area contributed by atoms with E-state index in [4.69, 9.17) is 21.4 Å². The summed E-state index contributed by atoms with van der Waals surface area (Å²) in [7, 11) is 0. The first kappa shape index (κ1) is 15.7. The van der Waals surface area contributed by atoms with Crippen molar-refractivity contribution in [2.45, 2.75) is 0 Å². The second kappa shape index (κ2) is 7.33. The highest BCUT2D eigenvalue weighted by atomic mass is 79.9. The lowest BCUT2D eigenvalue weighted by molar-refractivity contribution is 0.0697. The Bertz CT molecular complexity index is 631. The first-order valence-electron chi connectivity index (χ1n) is 6.22. The fraction of sp³-hybridized carbons (Fsp3) is 0.133. The SMILES string of the molecule is O=C(O)c1ccc(OCCNc2cccc(Cl)c2Br)cc1. The number of carboxylic acids is 1. The second-order valence-corrected chi connectivity index (χ2v) is 5.41. The zero-order chi connectivity index (χ0) is 15.2. The third kappa shape index (κ3) is 4.37. The van der Waals surface area contributed by atoms with Gasteiger partial charge >= 0.3 is 5.97 Å². The van der Waals surface area contributed by atoms with Crippen LogP contribution in [0.4, 0.5) is 5.69 Å². The molecule has 0 bridgehead atoms. The number of carbonyl (C=O) groups is 1. The molecule has 2 rings (SSSR count). The lowest BCUT2D eigenvalue weighted by atomic mass is 10.2. The smallest absolute Gasteiger partial charge is 0.335 e. The van der Waals surface area contributed by atoms with Crippen molar-refractivity contribution in [1.82, 2.24) is 0 Å². The Hall–Kier alpha value is -1.72. The van der Waals surface area contributed by atoms with E-state index in [1.807, 2.05) is 12.1 Å². The van der Waals surface area contributed by atoms with Crippen molar-refractivity contribution in [2.75, 3.05) is 18.5 Å². The van der Waals surface area contributed by atoms with Crippen molar-refractivity contribution in [3.8, 4) is 5.75 Å². The number of rotatable bonds is 6. The fourth-order valence-electron chi connectivity index (χ4n) is 1.69. The molecule has 0 unspecified atom stereocenters. The van der Waals surface area contributed by atoms with E-state index in [2.05, 4.69) is 21.2 Å². The van der Waals surface area contributed by atoms with E-state index in [9.17, 15) is 4.79 Å². The normalized spacial score (nSPS) is 10.2. The molecule has 0 saturated carbocycles. The van der Waals surface area contributed by atoms with Gasteiger partial charge in [0.05, 0.1) is 20.7 Å². The van der Waals surface area contributed by atoms with Crippen LogP contribution in [0.15, 0.2) is 46.9 Å². The maximum Gasteiger partial charge on any atom is 0.335 e. The van der Waals surface area contributed by atoms with Crippen LogP contribution in [0.5, 0.6) is 5.75 Å². The first-order chi connectivity index (χ1) is 10.1. The zero-order valence-corrected chi connectivity index (χ0v) is 13.3. The van der Waals surface area contributed by atoms with Crippen LogP contribution >= 0.6 is 27.5 Å². The van der Waals surface area contributed by atoms with Crippen LogP contribution in [0.2, 0.25) is 5.02 Å². The van der Waals surface area contributed by atoms with Gasteiger partial charge in [0, 0.05) is 6.54 Å². The first-order valence-corrected chi connectivity index (χ1v) is 7.39. The highest BCUT2D eigenvalue weighted by molar-refractivity contribution is 9.10. The molecule has 0 aliphatic heterocycles. The summed E-state index contributed by atoms with van der Waals surface area (Å²) in [5.74, 6) is -0.319. The maximum atomic E-state index is 10.7. The summed E-state index contributed by atoms with van der Waals surface area (Å²) in [6.45, 7) is 1.05. The lowest BCUT2D eigenvalue weighted by Gasteiger charge is -2.10. The van der Waals surface area contributed by atoms with Gasteiger partial charge in [0.1, 0.15) is 12.4 Å². The number of benzene rings is 2. The molecular weight excluding hydrogens is 358 g/mol. The van der Waals surface area contributed by atoms with E-state index in [1.54, 1.807) is 18.2 Å². The molecular formula is C15H13BrClNO3. The van der Waals surface area contributed by atoms with Crippen LogP contribution in [0, 0.1) is 0 Å². The molecule has 0 amide bonds. The number of carboxylic acid groups (broad SMARTS) is 1. The van der Waals surface area contributed by atoms with Crippen LogP contribution in [0.1, 0.15) is 10.4 Å². The van der Waals surface area contributed by atoms with E-state index in [-0.39, 0.29) is 5.56 Å². The summed E-state index contributed by atoms with van der Waals surface area (Å²) >= 11 is 9.40. The van der Waals surface area contributed by atoms with Gasteiger partial charge in [0.25, 0.3) is 0 Å². The average Bonchev–Trinajstić information content (AvgIpc) is 2.48. The average molecular weight is 371 g/mol. The topological polar surface area (TPSA) is 58.6 Å². The van der Waals surface area contributed by atoms with Gasteiger partial charge in [-0.15, -0.1) is 0 Å². The Kier molecular flexibility index (Phi) is 5.47. The minimum Gasteiger partial charge on any atom is -0.492 e. The number of anilines is 1. The van der Waals surface area contributed by atoms with Crippen LogP contribution in [-0.4, -0.2) is 24.2 Å². The summed E-state index contributed by atoms with van der Waals surface area (Å²) in [4.78, 5) is 10.7. The quantitative estimate of drug-likeness (QED) is 0.745. The molecule has 0 fully saturated rings. The van der Waals surface area contributed by atoms with Crippen LogP contribution in [0.3, 0.4) is 0 Å². The molecule has 0 aliphatic carbocycles.